The first-order valence-electron chi connectivity index (χ1n) is 7.38. The Bertz CT molecular complexity index is 616. The number of benzene rings is 1. The monoisotopic (exact) mass is 275 g/mol. The Morgan fingerprint density at radius 1 is 1.40 bits per heavy atom. The summed E-state index contributed by atoms with van der Waals surface area (Å²) in [6.07, 6.45) is 3.69. The van der Waals surface area contributed by atoms with Crippen molar-refractivity contribution in [3.63, 3.8) is 0 Å². The Kier molecular flexibility index (Phi) is 3.33. The van der Waals surface area contributed by atoms with Crippen LogP contribution < -0.4 is 5.32 Å². The van der Waals surface area contributed by atoms with E-state index < -0.39 is 0 Å². The first-order chi connectivity index (χ1) is 9.53. The Morgan fingerprint density at radius 3 is 2.80 bits per heavy atom. The van der Waals surface area contributed by atoms with Gasteiger partial charge in [-0.2, -0.15) is 0 Å². The lowest BCUT2D eigenvalue weighted by molar-refractivity contribution is 0.188. The van der Waals surface area contributed by atoms with E-state index in [2.05, 4.69) is 19.2 Å². The van der Waals surface area contributed by atoms with E-state index in [0.29, 0.717) is 16.9 Å². The van der Waals surface area contributed by atoms with Gasteiger partial charge in [0, 0.05) is 5.39 Å². The molecule has 3 heteroatoms. The van der Waals surface area contributed by atoms with Crippen molar-refractivity contribution in [2.45, 2.75) is 39.2 Å². The third-order valence-corrected chi connectivity index (χ3v) is 4.88. The van der Waals surface area contributed by atoms with Gasteiger partial charge < -0.3 is 9.73 Å². The topological polar surface area (TPSA) is 25.2 Å². The fourth-order valence-corrected chi connectivity index (χ4v) is 3.71. The van der Waals surface area contributed by atoms with Gasteiger partial charge in [0.25, 0.3) is 0 Å². The Morgan fingerprint density at radius 2 is 2.20 bits per heavy atom. The molecule has 1 heterocycles. The lowest BCUT2D eigenvalue weighted by Gasteiger charge is -2.32. The molecule has 1 aromatic heterocycles. The van der Waals surface area contributed by atoms with Crippen molar-refractivity contribution in [2.75, 3.05) is 7.05 Å². The lowest BCUT2D eigenvalue weighted by atomic mass is 9.77. The van der Waals surface area contributed by atoms with Crippen LogP contribution in [0.1, 0.15) is 44.9 Å². The molecular formula is C17H22FNO. The second kappa shape index (κ2) is 4.88. The number of nitrogens with one attached hydrogen (secondary N) is 1. The summed E-state index contributed by atoms with van der Waals surface area (Å²) in [6.45, 7) is 4.64. The van der Waals surface area contributed by atoms with Crippen LogP contribution in [0.4, 0.5) is 4.39 Å². The quantitative estimate of drug-likeness (QED) is 0.881. The normalized spacial score (nSPS) is 23.3. The molecule has 1 saturated carbocycles. The van der Waals surface area contributed by atoms with Gasteiger partial charge in [0.15, 0.2) is 11.4 Å². The van der Waals surface area contributed by atoms with Gasteiger partial charge in [0.1, 0.15) is 5.76 Å². The largest absolute Gasteiger partial charge is 0.456 e. The summed E-state index contributed by atoms with van der Waals surface area (Å²) in [5.74, 6) is 1.10. The molecule has 1 N–H and O–H groups in total. The minimum Gasteiger partial charge on any atom is -0.456 e. The average molecular weight is 275 g/mol. The summed E-state index contributed by atoms with van der Waals surface area (Å²) in [4.78, 5) is 0. The Labute approximate surface area is 119 Å². The van der Waals surface area contributed by atoms with Crippen LogP contribution in [0.3, 0.4) is 0 Å². The van der Waals surface area contributed by atoms with Gasteiger partial charge in [-0.15, -0.1) is 0 Å². The SMILES string of the molecule is CNC(c1cc2cccc(F)c2o1)C1CCCC1(C)C. The van der Waals surface area contributed by atoms with E-state index in [1.807, 2.05) is 19.2 Å². The molecule has 0 radical (unpaired) electrons. The number of fused-ring (bicyclic) bond motifs is 1. The van der Waals surface area contributed by atoms with Crippen LogP contribution in [0, 0.1) is 17.2 Å². The summed E-state index contributed by atoms with van der Waals surface area (Å²) >= 11 is 0. The van der Waals surface area contributed by atoms with Crippen molar-refractivity contribution >= 4 is 11.0 Å². The van der Waals surface area contributed by atoms with Crippen LogP contribution in [0.5, 0.6) is 0 Å². The van der Waals surface area contributed by atoms with Crippen LogP contribution in [-0.4, -0.2) is 7.05 Å². The molecule has 0 aliphatic heterocycles. The zero-order valence-electron chi connectivity index (χ0n) is 12.4. The predicted octanol–water partition coefficient (Wildman–Crippen LogP) is 4.66. The second-order valence-corrected chi connectivity index (χ2v) is 6.56. The van der Waals surface area contributed by atoms with Gasteiger partial charge in [-0.3, -0.25) is 0 Å². The molecular weight excluding hydrogens is 253 g/mol. The number of hydrogen-bond acceptors (Lipinski definition) is 2. The standard InChI is InChI=1S/C17H22FNO/c1-17(2)9-5-7-12(17)15(19-3)14-10-11-6-4-8-13(18)16(11)20-14/h4,6,8,10,12,15,19H,5,7,9H2,1-3H3. The van der Waals surface area contributed by atoms with Crippen molar-refractivity contribution in [3.05, 3.63) is 35.8 Å². The van der Waals surface area contributed by atoms with Crippen molar-refractivity contribution in [2.24, 2.45) is 11.3 Å². The van der Waals surface area contributed by atoms with Crippen molar-refractivity contribution in [3.8, 4) is 0 Å². The molecule has 1 fully saturated rings. The molecule has 0 bridgehead atoms. The van der Waals surface area contributed by atoms with Crippen LogP contribution in [0.2, 0.25) is 0 Å². The molecule has 1 aliphatic carbocycles. The molecule has 20 heavy (non-hydrogen) atoms. The molecule has 108 valence electrons. The molecule has 2 aromatic rings. The number of rotatable bonds is 3. The Hall–Kier alpha value is -1.35. The number of hydrogen-bond donors (Lipinski definition) is 1. The van der Waals surface area contributed by atoms with E-state index in [9.17, 15) is 4.39 Å². The third-order valence-electron chi connectivity index (χ3n) is 4.88. The van der Waals surface area contributed by atoms with E-state index >= 15 is 0 Å². The summed E-state index contributed by atoms with van der Waals surface area (Å²) in [6, 6.07) is 7.21. The summed E-state index contributed by atoms with van der Waals surface area (Å²) in [7, 11) is 1.96. The van der Waals surface area contributed by atoms with E-state index in [0.717, 1.165) is 11.1 Å². The predicted molar refractivity (Wildman–Crippen MR) is 79.1 cm³/mol. The molecule has 1 aliphatic rings. The third kappa shape index (κ3) is 2.14. The van der Waals surface area contributed by atoms with Crippen LogP contribution >= 0.6 is 0 Å². The van der Waals surface area contributed by atoms with Crippen LogP contribution in [-0.2, 0) is 0 Å². The minimum absolute atomic E-state index is 0.152. The van der Waals surface area contributed by atoms with Crippen molar-refractivity contribution in [1.82, 2.24) is 5.32 Å². The molecule has 2 nitrogen and oxygen atoms in total. The fraction of sp³-hybridized carbons (Fsp3) is 0.529. The van der Waals surface area contributed by atoms with Crippen molar-refractivity contribution in [1.29, 1.82) is 0 Å². The highest BCUT2D eigenvalue weighted by atomic mass is 19.1. The molecule has 2 unspecified atom stereocenters. The highest BCUT2D eigenvalue weighted by Gasteiger charge is 2.40. The Balaban J connectivity index is 2.01. The maximum Gasteiger partial charge on any atom is 0.169 e. The zero-order valence-corrected chi connectivity index (χ0v) is 12.4. The smallest absolute Gasteiger partial charge is 0.169 e. The van der Waals surface area contributed by atoms with Crippen molar-refractivity contribution < 1.29 is 8.81 Å². The van der Waals surface area contributed by atoms with Gasteiger partial charge in [0.05, 0.1) is 6.04 Å². The maximum absolute atomic E-state index is 13.8. The number of furan rings is 1. The minimum atomic E-state index is -0.283. The molecule has 0 saturated heterocycles. The van der Waals surface area contributed by atoms with Gasteiger partial charge in [-0.1, -0.05) is 32.4 Å². The van der Waals surface area contributed by atoms with E-state index in [1.54, 1.807) is 6.07 Å². The van der Waals surface area contributed by atoms with Crippen LogP contribution in [0.15, 0.2) is 28.7 Å². The van der Waals surface area contributed by atoms with E-state index in [4.69, 9.17) is 4.42 Å². The lowest BCUT2D eigenvalue weighted by Crippen LogP contribution is -2.31. The first-order valence-corrected chi connectivity index (χ1v) is 7.38. The maximum atomic E-state index is 13.8. The first kappa shape index (κ1) is 13.6. The summed E-state index contributed by atoms with van der Waals surface area (Å²) < 4.78 is 19.6. The van der Waals surface area contributed by atoms with E-state index in [-0.39, 0.29) is 11.9 Å². The second-order valence-electron chi connectivity index (χ2n) is 6.56. The fourth-order valence-electron chi connectivity index (χ4n) is 3.71. The van der Waals surface area contributed by atoms with Gasteiger partial charge in [-0.05, 0) is 43.4 Å². The van der Waals surface area contributed by atoms with Gasteiger partial charge >= 0.3 is 0 Å². The highest BCUT2D eigenvalue weighted by molar-refractivity contribution is 5.78. The van der Waals surface area contributed by atoms with Gasteiger partial charge in [-0.25, -0.2) is 4.39 Å². The highest BCUT2D eigenvalue weighted by Crippen LogP contribution is 2.49. The molecule has 0 amide bonds. The number of halogens is 1. The zero-order chi connectivity index (χ0) is 14.3. The van der Waals surface area contributed by atoms with Gasteiger partial charge in [0.2, 0.25) is 0 Å². The average Bonchev–Trinajstić information content (AvgIpc) is 2.96. The molecule has 1 aromatic carbocycles. The molecule has 3 rings (SSSR count). The van der Waals surface area contributed by atoms with E-state index in [1.165, 1.54) is 25.3 Å². The summed E-state index contributed by atoms with van der Waals surface area (Å²) in [5, 5.41) is 4.22. The summed E-state index contributed by atoms with van der Waals surface area (Å²) in [5.41, 5.74) is 0.670. The number of para-hydroxylation sites is 1. The molecule has 0 spiro atoms. The van der Waals surface area contributed by atoms with Crippen LogP contribution in [0.25, 0.3) is 11.0 Å². The molecule has 2 atom stereocenters.